The number of benzene rings is 1. The van der Waals surface area contributed by atoms with Crippen LogP contribution in [0.15, 0.2) is 35.3 Å². The van der Waals surface area contributed by atoms with Crippen molar-refractivity contribution in [3.05, 3.63) is 50.2 Å². The Morgan fingerprint density at radius 3 is 2.59 bits per heavy atom. The van der Waals surface area contributed by atoms with Crippen LogP contribution in [0.2, 0.25) is 0 Å². The highest BCUT2D eigenvalue weighted by Crippen LogP contribution is 2.26. The van der Waals surface area contributed by atoms with Crippen LogP contribution in [-0.4, -0.2) is 42.5 Å². The fourth-order valence-electron chi connectivity index (χ4n) is 2.00. The summed E-state index contributed by atoms with van der Waals surface area (Å²) in [5.74, 6) is -0.569. The van der Waals surface area contributed by atoms with Gasteiger partial charge in [-0.05, 0) is 40.8 Å². The van der Waals surface area contributed by atoms with Gasteiger partial charge in [0, 0.05) is 29.4 Å². The zero-order chi connectivity index (χ0) is 20.2. The Hall–Kier alpha value is -1.74. The van der Waals surface area contributed by atoms with Gasteiger partial charge in [-0.15, -0.1) is 0 Å². The minimum Gasteiger partial charge on any atom is -0.394 e. The number of halogens is 2. The van der Waals surface area contributed by atoms with Crippen molar-refractivity contribution in [1.29, 1.82) is 0 Å². The Morgan fingerprint density at radius 2 is 1.96 bits per heavy atom. The van der Waals surface area contributed by atoms with Crippen LogP contribution in [0.25, 0.3) is 0 Å². The van der Waals surface area contributed by atoms with Gasteiger partial charge in [-0.25, -0.2) is 4.39 Å². The molecule has 0 bridgehead atoms. The number of nitrogens with one attached hydrogen (secondary N) is 3. The van der Waals surface area contributed by atoms with E-state index < -0.39 is 40.8 Å². The fraction of sp³-hybridized carbons (Fsp3) is 0.267. The largest absolute Gasteiger partial charge is 0.394 e. The molecule has 0 aliphatic rings. The lowest BCUT2D eigenvalue weighted by molar-refractivity contribution is 0.0988. The zero-order valence-corrected chi connectivity index (χ0v) is 17.1. The summed E-state index contributed by atoms with van der Waals surface area (Å²) < 4.78 is 44.4. The average Bonchev–Trinajstić information content (AvgIpc) is 2.59. The number of aliphatic hydroxyl groups is 2. The summed E-state index contributed by atoms with van der Waals surface area (Å²) in [6.07, 6.45) is -0.0306. The quantitative estimate of drug-likeness (QED) is 0.327. The molecule has 27 heavy (non-hydrogen) atoms. The molecule has 5 N–H and O–H groups in total. The second-order valence-corrected chi connectivity index (χ2v) is 8.33. The highest BCUT2D eigenvalue weighted by Gasteiger charge is 2.16. The Bertz CT molecular complexity index is 983. The van der Waals surface area contributed by atoms with Crippen LogP contribution in [0.5, 0.6) is 0 Å². The number of hydrogen-bond donors (Lipinski definition) is 5. The van der Waals surface area contributed by atoms with Crippen molar-refractivity contribution in [2.75, 3.05) is 23.2 Å². The van der Waals surface area contributed by atoms with E-state index in [0.29, 0.717) is 3.57 Å². The van der Waals surface area contributed by atoms with Gasteiger partial charge in [-0.3, -0.25) is 9.52 Å². The van der Waals surface area contributed by atoms with E-state index in [-0.39, 0.29) is 17.1 Å². The molecule has 0 fully saturated rings. The van der Waals surface area contributed by atoms with Crippen molar-refractivity contribution in [2.45, 2.75) is 6.10 Å². The standard InChI is InChI=1S/C15H18FIN4O5S/c1-21-7-14(20-27(25,26)18-6-10(23)8-22)13(5-15(21)24)19-12-3-2-9(17)4-11(12)16/h2-5,7,10,18-20,22-23H,6,8H2,1H3. The monoisotopic (exact) mass is 512 g/mol. The van der Waals surface area contributed by atoms with Gasteiger partial charge in [0.25, 0.3) is 15.8 Å². The Morgan fingerprint density at radius 1 is 1.26 bits per heavy atom. The van der Waals surface area contributed by atoms with Gasteiger partial charge in [0.2, 0.25) is 0 Å². The van der Waals surface area contributed by atoms with Crippen LogP contribution in [0.1, 0.15) is 0 Å². The summed E-state index contributed by atoms with van der Waals surface area (Å²) in [5.41, 5.74) is -0.338. The SMILES string of the molecule is Cn1cc(NS(=O)(=O)NCC(O)CO)c(Nc2ccc(I)cc2F)cc1=O. The predicted molar refractivity (Wildman–Crippen MR) is 108 cm³/mol. The van der Waals surface area contributed by atoms with Gasteiger partial charge in [-0.1, -0.05) is 0 Å². The highest BCUT2D eigenvalue weighted by molar-refractivity contribution is 14.1. The number of nitrogens with zero attached hydrogens (tertiary/aromatic N) is 1. The Balaban J connectivity index is 2.33. The maximum Gasteiger partial charge on any atom is 0.299 e. The minimum atomic E-state index is -4.12. The summed E-state index contributed by atoms with van der Waals surface area (Å²) in [7, 11) is -2.69. The number of anilines is 3. The first-order valence-corrected chi connectivity index (χ1v) is 10.2. The van der Waals surface area contributed by atoms with E-state index in [1.165, 1.54) is 25.4 Å². The van der Waals surface area contributed by atoms with E-state index in [9.17, 15) is 22.7 Å². The molecule has 0 amide bonds. The third-order valence-electron chi connectivity index (χ3n) is 3.39. The lowest BCUT2D eigenvalue weighted by Crippen LogP contribution is -2.37. The molecule has 1 heterocycles. The molecule has 9 nitrogen and oxygen atoms in total. The van der Waals surface area contributed by atoms with Crippen molar-refractivity contribution in [3.8, 4) is 0 Å². The molecular formula is C15H18FIN4O5S. The van der Waals surface area contributed by atoms with Crippen LogP contribution in [-0.2, 0) is 17.3 Å². The maximum atomic E-state index is 14.1. The second kappa shape index (κ2) is 8.97. The lowest BCUT2D eigenvalue weighted by atomic mass is 10.2. The fourth-order valence-corrected chi connectivity index (χ4v) is 3.39. The molecule has 0 aliphatic heterocycles. The van der Waals surface area contributed by atoms with Gasteiger partial charge in [0.1, 0.15) is 5.82 Å². The van der Waals surface area contributed by atoms with Crippen molar-refractivity contribution in [1.82, 2.24) is 9.29 Å². The summed E-state index contributed by atoms with van der Waals surface area (Å²) in [6.45, 7) is -1.02. The number of rotatable bonds is 8. The molecule has 12 heteroatoms. The molecule has 1 atom stereocenters. The van der Waals surface area contributed by atoms with E-state index in [2.05, 4.69) is 14.8 Å². The number of aryl methyl sites for hydroxylation is 1. The lowest BCUT2D eigenvalue weighted by Gasteiger charge is -2.16. The Kier molecular flexibility index (Phi) is 7.16. The molecule has 148 valence electrons. The average molecular weight is 512 g/mol. The molecule has 2 aromatic rings. The molecule has 0 aliphatic carbocycles. The Labute approximate surface area is 168 Å². The third kappa shape index (κ3) is 6.14. The summed E-state index contributed by atoms with van der Waals surface area (Å²) in [6, 6.07) is 5.51. The normalized spacial score (nSPS) is 12.6. The minimum absolute atomic E-state index is 0.0129. The van der Waals surface area contributed by atoms with Gasteiger partial charge in [0.05, 0.1) is 29.8 Å². The number of hydrogen-bond acceptors (Lipinski definition) is 6. The number of pyridine rings is 1. The van der Waals surface area contributed by atoms with E-state index in [1.54, 1.807) is 6.07 Å². The molecule has 2 rings (SSSR count). The summed E-state index contributed by atoms with van der Waals surface area (Å²) in [5, 5.41) is 20.7. The van der Waals surface area contributed by atoms with E-state index in [1.807, 2.05) is 22.6 Å². The molecule has 0 saturated heterocycles. The van der Waals surface area contributed by atoms with Crippen LogP contribution in [0.3, 0.4) is 0 Å². The van der Waals surface area contributed by atoms with Crippen LogP contribution in [0, 0.1) is 9.39 Å². The number of aliphatic hydroxyl groups excluding tert-OH is 2. The van der Waals surface area contributed by atoms with Crippen molar-refractivity contribution in [2.24, 2.45) is 7.05 Å². The first-order valence-electron chi connectivity index (χ1n) is 7.60. The predicted octanol–water partition coefficient (Wildman–Crippen LogP) is 0.472. The van der Waals surface area contributed by atoms with Crippen molar-refractivity contribution >= 4 is 49.9 Å². The van der Waals surface area contributed by atoms with Gasteiger partial charge < -0.3 is 20.1 Å². The molecule has 1 aromatic heterocycles. The van der Waals surface area contributed by atoms with Crippen molar-refractivity contribution < 1.29 is 23.0 Å². The number of aromatic nitrogens is 1. The molecular weight excluding hydrogens is 494 g/mol. The van der Waals surface area contributed by atoms with Gasteiger partial charge in [-0.2, -0.15) is 13.1 Å². The molecule has 1 unspecified atom stereocenters. The van der Waals surface area contributed by atoms with Gasteiger partial charge in [0.15, 0.2) is 0 Å². The molecule has 0 radical (unpaired) electrons. The second-order valence-electron chi connectivity index (χ2n) is 5.59. The van der Waals surface area contributed by atoms with Crippen molar-refractivity contribution in [3.63, 3.8) is 0 Å². The van der Waals surface area contributed by atoms with Crippen LogP contribution < -0.4 is 20.3 Å². The van der Waals surface area contributed by atoms with E-state index in [4.69, 9.17) is 5.11 Å². The summed E-state index contributed by atoms with van der Waals surface area (Å²) >= 11 is 1.95. The first-order chi connectivity index (χ1) is 12.6. The summed E-state index contributed by atoms with van der Waals surface area (Å²) in [4.78, 5) is 11.9. The van der Waals surface area contributed by atoms with E-state index >= 15 is 0 Å². The zero-order valence-electron chi connectivity index (χ0n) is 14.1. The highest BCUT2D eigenvalue weighted by atomic mass is 127. The topological polar surface area (TPSA) is 133 Å². The van der Waals surface area contributed by atoms with Gasteiger partial charge >= 0.3 is 0 Å². The molecule has 0 saturated carbocycles. The van der Waals surface area contributed by atoms with Crippen LogP contribution >= 0.6 is 22.6 Å². The van der Waals surface area contributed by atoms with Crippen LogP contribution in [0.4, 0.5) is 21.5 Å². The third-order valence-corrected chi connectivity index (χ3v) is 5.10. The first kappa shape index (κ1) is 21.6. The smallest absolute Gasteiger partial charge is 0.299 e. The molecule has 1 aromatic carbocycles. The maximum absolute atomic E-state index is 14.1. The van der Waals surface area contributed by atoms with E-state index in [0.717, 1.165) is 10.6 Å². The molecule has 0 spiro atoms.